The molecule has 0 fully saturated rings. The van der Waals surface area contributed by atoms with E-state index < -0.39 is 0 Å². The Morgan fingerprint density at radius 2 is 0.845 bits per heavy atom. The third kappa shape index (κ3) is 6.10. The van der Waals surface area contributed by atoms with Crippen LogP contribution in [-0.2, 0) is 12.8 Å². The summed E-state index contributed by atoms with van der Waals surface area (Å²) in [5.41, 5.74) is 18.9. The van der Waals surface area contributed by atoms with E-state index in [-0.39, 0.29) is 0 Å². The molecule has 1 aliphatic carbocycles. The monoisotopic (exact) mass is 757 g/mol. The van der Waals surface area contributed by atoms with Crippen LogP contribution in [0.2, 0.25) is 0 Å². The molecule has 9 aromatic carbocycles. The van der Waals surface area contributed by atoms with Gasteiger partial charge in [0.15, 0.2) is 0 Å². The van der Waals surface area contributed by atoms with E-state index in [1.54, 1.807) is 0 Å². The quantitative estimate of drug-likeness (QED) is 0.169. The highest BCUT2D eigenvalue weighted by atomic mass is 32.1. The molecule has 1 aromatic heterocycles. The molecule has 0 saturated carbocycles. The molecule has 0 amide bonds. The fourth-order valence-corrected chi connectivity index (χ4v) is 10.1. The lowest BCUT2D eigenvalue weighted by Gasteiger charge is -2.28. The fraction of sp³-hybridized carbons (Fsp3) is 0.0357. The molecule has 58 heavy (non-hydrogen) atoms. The first-order chi connectivity index (χ1) is 28.7. The maximum atomic E-state index is 2.46. The minimum Gasteiger partial charge on any atom is -0.310 e. The maximum absolute atomic E-state index is 2.46. The molecule has 2 heteroatoms. The van der Waals surface area contributed by atoms with Gasteiger partial charge in [-0.1, -0.05) is 164 Å². The predicted molar refractivity (Wildman–Crippen MR) is 248 cm³/mol. The minimum atomic E-state index is 0.797. The van der Waals surface area contributed by atoms with Crippen molar-refractivity contribution in [2.45, 2.75) is 12.8 Å². The highest BCUT2D eigenvalue weighted by molar-refractivity contribution is 7.25. The second-order valence-electron chi connectivity index (χ2n) is 15.2. The summed E-state index contributed by atoms with van der Waals surface area (Å²) in [5.74, 6) is 0. The molecule has 1 aliphatic rings. The van der Waals surface area contributed by atoms with Gasteiger partial charge in [-0.05, 0) is 128 Å². The number of fused-ring (bicyclic) bond motifs is 9. The van der Waals surface area contributed by atoms with E-state index in [0.29, 0.717) is 0 Å². The molecule has 0 saturated heterocycles. The van der Waals surface area contributed by atoms with Crippen LogP contribution < -0.4 is 4.90 Å². The summed E-state index contributed by atoms with van der Waals surface area (Å²) in [6, 6.07) is 78.5. The molecule has 0 atom stereocenters. The largest absolute Gasteiger partial charge is 0.310 e. The highest BCUT2D eigenvalue weighted by Crippen LogP contribution is 2.46. The third-order valence-corrected chi connectivity index (χ3v) is 12.9. The lowest BCUT2D eigenvalue weighted by molar-refractivity contribution is 1.14. The molecule has 11 rings (SSSR count). The van der Waals surface area contributed by atoms with Gasteiger partial charge in [-0.25, -0.2) is 0 Å². The Hall–Kier alpha value is -7.00. The highest BCUT2D eigenvalue weighted by Gasteiger charge is 2.23. The first-order valence-corrected chi connectivity index (χ1v) is 20.9. The lowest BCUT2D eigenvalue weighted by atomic mass is 9.81. The topological polar surface area (TPSA) is 3.24 Å². The van der Waals surface area contributed by atoms with E-state index in [0.717, 1.165) is 29.9 Å². The lowest BCUT2D eigenvalue weighted by Crippen LogP contribution is -2.11. The van der Waals surface area contributed by atoms with Crippen molar-refractivity contribution < 1.29 is 0 Å². The van der Waals surface area contributed by atoms with Crippen molar-refractivity contribution in [2.24, 2.45) is 0 Å². The molecule has 0 aliphatic heterocycles. The van der Waals surface area contributed by atoms with E-state index in [1.807, 2.05) is 11.3 Å². The van der Waals surface area contributed by atoms with Crippen molar-refractivity contribution in [2.75, 3.05) is 4.90 Å². The van der Waals surface area contributed by atoms with Crippen molar-refractivity contribution in [1.82, 2.24) is 0 Å². The van der Waals surface area contributed by atoms with Gasteiger partial charge in [0.05, 0.1) is 0 Å². The standard InChI is InChI=1S/C56H39NS/c1-3-14-38(15-4-1)39-26-28-45(29-27-39)57(47-31-33-55-53(37-47)52-23-11-12-25-54(52)58-55)46-30-32-51-44(36-46)35-42-19-8-10-22-49(42)48-21-9-7-18-41(48)34-43-20-13-24-50(56(43)51)40-16-5-2-6-17-40/h1-33,36-37H,34-35H2. The first-order valence-electron chi connectivity index (χ1n) is 20.1. The second-order valence-corrected chi connectivity index (χ2v) is 16.3. The van der Waals surface area contributed by atoms with Gasteiger partial charge >= 0.3 is 0 Å². The van der Waals surface area contributed by atoms with Gasteiger partial charge in [0.2, 0.25) is 0 Å². The second kappa shape index (κ2) is 14.5. The van der Waals surface area contributed by atoms with E-state index in [2.05, 4.69) is 217 Å². The van der Waals surface area contributed by atoms with Crippen LogP contribution in [0, 0.1) is 0 Å². The van der Waals surface area contributed by atoms with Crippen molar-refractivity contribution in [3.05, 3.63) is 235 Å². The van der Waals surface area contributed by atoms with E-state index in [9.17, 15) is 0 Å². The van der Waals surface area contributed by atoms with E-state index in [1.165, 1.54) is 86.9 Å². The third-order valence-electron chi connectivity index (χ3n) is 11.8. The summed E-state index contributed by atoms with van der Waals surface area (Å²) in [6.07, 6.45) is 1.64. The van der Waals surface area contributed by atoms with Gasteiger partial charge in [-0.2, -0.15) is 0 Å². The smallest absolute Gasteiger partial charge is 0.0468 e. The van der Waals surface area contributed by atoms with Crippen LogP contribution >= 0.6 is 11.3 Å². The van der Waals surface area contributed by atoms with Crippen LogP contribution in [0.1, 0.15) is 22.3 Å². The average Bonchev–Trinajstić information content (AvgIpc) is 3.66. The molecule has 0 N–H and O–H groups in total. The van der Waals surface area contributed by atoms with Crippen molar-refractivity contribution in [3.8, 4) is 44.5 Å². The summed E-state index contributed by atoms with van der Waals surface area (Å²) in [6.45, 7) is 0. The van der Waals surface area contributed by atoms with Crippen molar-refractivity contribution in [3.63, 3.8) is 0 Å². The van der Waals surface area contributed by atoms with E-state index in [4.69, 9.17) is 0 Å². The summed E-state index contributed by atoms with van der Waals surface area (Å²) in [4.78, 5) is 2.45. The normalized spacial score (nSPS) is 12.0. The molecule has 1 nitrogen and oxygen atoms in total. The van der Waals surface area contributed by atoms with Crippen LogP contribution in [0.5, 0.6) is 0 Å². The first kappa shape index (κ1) is 34.3. The van der Waals surface area contributed by atoms with Crippen LogP contribution in [0.4, 0.5) is 17.1 Å². The zero-order valence-electron chi connectivity index (χ0n) is 32.0. The number of rotatable bonds is 5. The number of anilines is 3. The number of hydrogen-bond acceptors (Lipinski definition) is 2. The molecule has 0 spiro atoms. The molecular formula is C56H39NS. The van der Waals surface area contributed by atoms with Crippen LogP contribution in [0.3, 0.4) is 0 Å². The Morgan fingerprint density at radius 1 is 0.310 bits per heavy atom. The number of hydrogen-bond donors (Lipinski definition) is 0. The molecular weight excluding hydrogens is 719 g/mol. The average molecular weight is 758 g/mol. The Bertz CT molecular complexity index is 3100. The van der Waals surface area contributed by atoms with Gasteiger partial charge in [0, 0.05) is 37.2 Å². The van der Waals surface area contributed by atoms with E-state index >= 15 is 0 Å². The molecule has 0 unspecified atom stereocenters. The van der Waals surface area contributed by atoms with Gasteiger partial charge < -0.3 is 4.90 Å². The minimum absolute atomic E-state index is 0.797. The Labute approximate surface area is 343 Å². The zero-order chi connectivity index (χ0) is 38.4. The van der Waals surface area contributed by atoms with Gasteiger partial charge in [-0.15, -0.1) is 11.3 Å². The van der Waals surface area contributed by atoms with Gasteiger partial charge in [-0.3, -0.25) is 0 Å². The SMILES string of the molecule is c1ccc(-c2ccc(N(c3ccc4c(c3)Cc3ccccc3-c3ccccc3Cc3cccc(-c5ccccc5)c3-4)c3ccc4sc5ccccc5c4c3)cc2)cc1. The van der Waals surface area contributed by atoms with Crippen LogP contribution in [-0.4, -0.2) is 0 Å². The van der Waals surface area contributed by atoms with Crippen LogP contribution in [0.25, 0.3) is 64.7 Å². The van der Waals surface area contributed by atoms with Gasteiger partial charge in [0.1, 0.15) is 0 Å². The Balaban J connectivity index is 1.15. The summed E-state index contributed by atoms with van der Waals surface area (Å²) in [5, 5.41) is 2.59. The van der Waals surface area contributed by atoms with Gasteiger partial charge in [0.25, 0.3) is 0 Å². The maximum Gasteiger partial charge on any atom is 0.0468 e. The Morgan fingerprint density at radius 3 is 1.60 bits per heavy atom. The van der Waals surface area contributed by atoms with Crippen molar-refractivity contribution >= 4 is 48.6 Å². The molecule has 0 radical (unpaired) electrons. The number of thiophene rings is 1. The fourth-order valence-electron chi connectivity index (χ4n) is 9.05. The molecule has 1 heterocycles. The number of nitrogens with zero attached hydrogens (tertiary/aromatic N) is 1. The predicted octanol–water partition coefficient (Wildman–Crippen LogP) is 15.7. The summed E-state index contributed by atoms with van der Waals surface area (Å²) >= 11 is 1.86. The number of benzene rings is 9. The van der Waals surface area contributed by atoms with Crippen LogP contribution in [0.15, 0.2) is 212 Å². The Kier molecular flexibility index (Phi) is 8.56. The van der Waals surface area contributed by atoms with Crippen molar-refractivity contribution in [1.29, 1.82) is 0 Å². The molecule has 10 aromatic rings. The molecule has 274 valence electrons. The summed E-state index contributed by atoms with van der Waals surface area (Å²) < 4.78 is 2.62. The zero-order valence-corrected chi connectivity index (χ0v) is 32.8. The molecule has 0 bridgehead atoms. The summed E-state index contributed by atoms with van der Waals surface area (Å²) in [7, 11) is 0.